The van der Waals surface area contributed by atoms with E-state index in [-0.39, 0.29) is 39.5 Å². The molecule has 2 heterocycles. The second kappa shape index (κ2) is 9.65. The number of aromatic nitrogens is 2. The van der Waals surface area contributed by atoms with Gasteiger partial charge in [-0.05, 0) is 33.6 Å². The Kier molecular flexibility index (Phi) is 7.29. The molecule has 1 saturated carbocycles. The highest BCUT2D eigenvalue weighted by molar-refractivity contribution is 7.17. The summed E-state index contributed by atoms with van der Waals surface area (Å²) in [6.07, 6.45) is 0.934. The van der Waals surface area contributed by atoms with Crippen LogP contribution in [-0.4, -0.2) is 39.2 Å². The topological polar surface area (TPSA) is 111 Å². The number of alkyl halides is 3. The van der Waals surface area contributed by atoms with Crippen molar-refractivity contribution in [3.05, 3.63) is 28.0 Å². The number of anilines is 1. The quantitative estimate of drug-likeness (QED) is 0.554. The third-order valence-electron chi connectivity index (χ3n) is 5.34. The summed E-state index contributed by atoms with van der Waals surface area (Å²) in [4.78, 5) is 20.8. The number of rotatable bonds is 6. The SMILES string of the molecule is Cc1nc(C(=O)NCC(C)(C)O)sc1-c1cnc(NC2CCCCC2)c(C#N)c1C(F)(F)F. The number of thiazole rings is 1. The molecule has 2 aromatic heterocycles. The number of hydrogen-bond acceptors (Lipinski definition) is 7. The predicted octanol–water partition coefficient (Wildman–Crippen LogP) is 4.65. The molecule has 11 heteroatoms. The van der Waals surface area contributed by atoms with Gasteiger partial charge in [-0.2, -0.15) is 18.4 Å². The van der Waals surface area contributed by atoms with Crippen LogP contribution in [0.25, 0.3) is 10.4 Å². The van der Waals surface area contributed by atoms with Crippen molar-refractivity contribution in [2.24, 2.45) is 0 Å². The Morgan fingerprint density at radius 2 is 1.97 bits per heavy atom. The summed E-state index contributed by atoms with van der Waals surface area (Å²) < 4.78 is 42.5. The van der Waals surface area contributed by atoms with Crippen molar-refractivity contribution in [2.75, 3.05) is 11.9 Å². The Balaban J connectivity index is 2.02. The van der Waals surface area contributed by atoms with Crippen LogP contribution in [0.15, 0.2) is 6.20 Å². The summed E-state index contributed by atoms with van der Waals surface area (Å²) in [7, 11) is 0. The van der Waals surface area contributed by atoms with E-state index in [1.165, 1.54) is 20.8 Å². The molecule has 1 fully saturated rings. The van der Waals surface area contributed by atoms with E-state index < -0.39 is 28.8 Å². The lowest BCUT2D eigenvalue weighted by atomic mass is 9.95. The number of carbonyl (C=O) groups is 1. The number of amides is 1. The van der Waals surface area contributed by atoms with E-state index in [2.05, 4.69) is 20.6 Å². The van der Waals surface area contributed by atoms with Crippen LogP contribution < -0.4 is 10.6 Å². The van der Waals surface area contributed by atoms with Gasteiger partial charge in [0.05, 0.1) is 21.7 Å². The minimum absolute atomic E-state index is 0.0264. The number of aliphatic hydroxyl groups is 1. The van der Waals surface area contributed by atoms with Crippen molar-refractivity contribution < 1.29 is 23.1 Å². The first-order valence-electron chi connectivity index (χ1n) is 10.7. The molecule has 0 aromatic carbocycles. The zero-order valence-electron chi connectivity index (χ0n) is 18.6. The average Bonchev–Trinajstić information content (AvgIpc) is 3.12. The highest BCUT2D eigenvalue weighted by Crippen LogP contribution is 2.43. The molecule has 33 heavy (non-hydrogen) atoms. The van der Waals surface area contributed by atoms with Crippen molar-refractivity contribution in [3.8, 4) is 16.5 Å². The summed E-state index contributed by atoms with van der Waals surface area (Å²) in [5.74, 6) is -0.681. The minimum atomic E-state index is -4.81. The zero-order chi connectivity index (χ0) is 24.4. The molecule has 3 N–H and O–H groups in total. The lowest BCUT2D eigenvalue weighted by Crippen LogP contribution is -2.38. The number of hydrogen-bond donors (Lipinski definition) is 3. The average molecular weight is 482 g/mol. The van der Waals surface area contributed by atoms with Crippen molar-refractivity contribution in [3.63, 3.8) is 0 Å². The van der Waals surface area contributed by atoms with Gasteiger partial charge in [-0.25, -0.2) is 9.97 Å². The van der Waals surface area contributed by atoms with E-state index in [0.717, 1.165) is 49.6 Å². The van der Waals surface area contributed by atoms with Gasteiger partial charge < -0.3 is 15.7 Å². The van der Waals surface area contributed by atoms with Crippen LogP contribution in [0.2, 0.25) is 0 Å². The van der Waals surface area contributed by atoms with E-state index in [1.807, 2.05) is 0 Å². The third kappa shape index (κ3) is 6.00. The van der Waals surface area contributed by atoms with Gasteiger partial charge in [-0.1, -0.05) is 19.3 Å². The van der Waals surface area contributed by atoms with Gasteiger partial charge >= 0.3 is 6.18 Å². The van der Waals surface area contributed by atoms with Crippen LogP contribution in [0, 0.1) is 18.3 Å². The van der Waals surface area contributed by atoms with Crippen LogP contribution in [0.5, 0.6) is 0 Å². The van der Waals surface area contributed by atoms with Crippen molar-refractivity contribution in [1.29, 1.82) is 5.26 Å². The van der Waals surface area contributed by atoms with E-state index in [9.17, 15) is 28.3 Å². The number of carbonyl (C=O) groups excluding carboxylic acids is 1. The Hall–Kier alpha value is -2.71. The standard InChI is InChI=1S/C22H26F3N5O2S/c1-12-17(33-20(29-12)19(31)28-11-21(2,3)32)15-10-27-18(30-13-7-5-4-6-8-13)14(9-26)16(15)22(23,24)25/h10,13,32H,4-8,11H2,1-3H3,(H,27,30)(H,28,31). The first-order valence-corrected chi connectivity index (χ1v) is 11.5. The minimum Gasteiger partial charge on any atom is -0.389 e. The molecule has 0 bridgehead atoms. The largest absolute Gasteiger partial charge is 0.418 e. The number of nitrogens with zero attached hydrogens (tertiary/aromatic N) is 3. The first kappa shape index (κ1) is 24.9. The molecule has 178 valence electrons. The van der Waals surface area contributed by atoms with Crippen molar-refractivity contribution in [2.45, 2.75) is 70.7 Å². The van der Waals surface area contributed by atoms with E-state index in [1.54, 1.807) is 6.07 Å². The van der Waals surface area contributed by atoms with E-state index >= 15 is 0 Å². The maximum absolute atomic E-state index is 14.2. The molecule has 1 aliphatic carbocycles. The second-order valence-electron chi connectivity index (χ2n) is 8.79. The van der Waals surface area contributed by atoms with Gasteiger partial charge in [0.25, 0.3) is 5.91 Å². The fourth-order valence-corrected chi connectivity index (χ4v) is 4.75. The highest BCUT2D eigenvalue weighted by atomic mass is 32.1. The van der Waals surface area contributed by atoms with Crippen LogP contribution >= 0.6 is 11.3 Å². The predicted molar refractivity (Wildman–Crippen MR) is 119 cm³/mol. The highest BCUT2D eigenvalue weighted by Gasteiger charge is 2.40. The summed E-state index contributed by atoms with van der Waals surface area (Å²) in [6, 6.07) is 1.66. The van der Waals surface area contributed by atoms with Gasteiger partial charge in [0.2, 0.25) is 0 Å². The van der Waals surface area contributed by atoms with E-state index in [4.69, 9.17) is 0 Å². The molecule has 2 aromatic rings. The van der Waals surface area contributed by atoms with Gasteiger partial charge in [0.1, 0.15) is 17.5 Å². The third-order valence-corrected chi connectivity index (χ3v) is 6.53. The Morgan fingerprint density at radius 3 is 2.55 bits per heavy atom. The number of nitriles is 1. The molecule has 0 unspecified atom stereocenters. The van der Waals surface area contributed by atoms with Gasteiger partial charge in [0.15, 0.2) is 5.01 Å². The molecular formula is C22H26F3N5O2S. The Bertz CT molecular complexity index is 1060. The summed E-state index contributed by atoms with van der Waals surface area (Å²) >= 11 is 0.788. The van der Waals surface area contributed by atoms with Crippen LogP contribution in [0.3, 0.4) is 0 Å². The zero-order valence-corrected chi connectivity index (χ0v) is 19.5. The molecule has 7 nitrogen and oxygen atoms in total. The molecule has 0 saturated heterocycles. The molecular weight excluding hydrogens is 455 g/mol. The maximum Gasteiger partial charge on any atom is 0.418 e. The molecule has 0 radical (unpaired) electrons. The van der Waals surface area contributed by atoms with Crippen LogP contribution in [-0.2, 0) is 6.18 Å². The summed E-state index contributed by atoms with van der Waals surface area (Å²) in [5, 5.41) is 24.9. The van der Waals surface area contributed by atoms with E-state index in [0.29, 0.717) is 0 Å². The maximum atomic E-state index is 14.2. The fourth-order valence-electron chi connectivity index (χ4n) is 3.75. The van der Waals surface area contributed by atoms with Crippen molar-refractivity contribution in [1.82, 2.24) is 15.3 Å². The Labute approximate surface area is 194 Å². The fraction of sp³-hybridized carbons (Fsp3) is 0.545. The smallest absolute Gasteiger partial charge is 0.389 e. The molecule has 1 amide bonds. The monoisotopic (exact) mass is 481 g/mol. The molecule has 0 spiro atoms. The number of nitrogens with one attached hydrogen (secondary N) is 2. The number of pyridine rings is 1. The molecule has 3 rings (SSSR count). The van der Waals surface area contributed by atoms with Crippen LogP contribution in [0.1, 0.15) is 72.6 Å². The normalized spacial score (nSPS) is 15.2. The van der Waals surface area contributed by atoms with Gasteiger partial charge in [-0.3, -0.25) is 4.79 Å². The summed E-state index contributed by atoms with van der Waals surface area (Å²) in [5.41, 5.74) is -2.87. The number of halogens is 3. The lowest BCUT2D eigenvalue weighted by molar-refractivity contribution is -0.137. The Morgan fingerprint density at radius 1 is 1.30 bits per heavy atom. The first-order chi connectivity index (χ1) is 15.4. The molecule has 0 atom stereocenters. The summed E-state index contributed by atoms with van der Waals surface area (Å²) in [6.45, 7) is 4.48. The second-order valence-corrected chi connectivity index (χ2v) is 9.79. The molecule has 0 aliphatic heterocycles. The lowest BCUT2D eigenvalue weighted by Gasteiger charge is -2.25. The van der Waals surface area contributed by atoms with Gasteiger partial charge in [-0.15, -0.1) is 11.3 Å². The van der Waals surface area contributed by atoms with Crippen LogP contribution in [0.4, 0.5) is 19.0 Å². The van der Waals surface area contributed by atoms with Crippen molar-refractivity contribution >= 4 is 23.1 Å². The molecule has 1 aliphatic rings. The van der Waals surface area contributed by atoms with Gasteiger partial charge in [0, 0.05) is 24.3 Å². The number of aryl methyl sites for hydroxylation is 1.